The van der Waals surface area contributed by atoms with Crippen molar-refractivity contribution < 1.29 is 5.11 Å². The minimum atomic E-state index is 0.254. The Bertz CT molecular complexity index is 762. The number of hydrogen-bond donors (Lipinski definition) is 2. The fourth-order valence-electron chi connectivity index (χ4n) is 2.82. The molecule has 1 aliphatic rings. The molecule has 1 aromatic heterocycles. The Hall–Kier alpha value is -2.14. The van der Waals surface area contributed by atoms with Gasteiger partial charge in [0.05, 0.1) is 17.8 Å². The molecule has 0 bridgehead atoms. The van der Waals surface area contributed by atoms with Gasteiger partial charge in [-0.2, -0.15) is 0 Å². The van der Waals surface area contributed by atoms with Crippen molar-refractivity contribution in [3.63, 3.8) is 0 Å². The van der Waals surface area contributed by atoms with Gasteiger partial charge < -0.3 is 10.0 Å². The van der Waals surface area contributed by atoms with Gasteiger partial charge in [0.25, 0.3) is 0 Å². The van der Waals surface area contributed by atoms with Gasteiger partial charge in [-0.15, -0.1) is 11.3 Å². The SMILES string of the molecule is Cc1sc(C2=C(O)CN(CC(C)C)C2=N)nc1-c1ccccc1. The number of aliphatic hydroxyl groups excluding tert-OH is 1. The maximum Gasteiger partial charge on any atom is 0.135 e. The number of nitrogens with zero attached hydrogens (tertiary/aromatic N) is 2. The Morgan fingerprint density at radius 1 is 1.30 bits per heavy atom. The second kappa shape index (κ2) is 6.16. The van der Waals surface area contributed by atoms with Crippen molar-refractivity contribution in [2.45, 2.75) is 20.8 Å². The maximum absolute atomic E-state index is 10.3. The number of nitrogens with one attached hydrogen (secondary N) is 1. The van der Waals surface area contributed by atoms with Gasteiger partial charge in [-0.25, -0.2) is 4.98 Å². The van der Waals surface area contributed by atoms with Gasteiger partial charge in [0, 0.05) is 17.0 Å². The summed E-state index contributed by atoms with van der Waals surface area (Å²) in [6.07, 6.45) is 0. The Morgan fingerprint density at radius 2 is 2.00 bits per heavy atom. The van der Waals surface area contributed by atoms with E-state index < -0.39 is 0 Å². The van der Waals surface area contributed by atoms with E-state index in [9.17, 15) is 5.11 Å². The van der Waals surface area contributed by atoms with Gasteiger partial charge in [0.15, 0.2) is 0 Å². The number of hydrogen-bond acceptors (Lipinski definition) is 4. The summed E-state index contributed by atoms with van der Waals surface area (Å²) in [6, 6.07) is 10.0. The highest BCUT2D eigenvalue weighted by Crippen LogP contribution is 2.35. The monoisotopic (exact) mass is 327 g/mol. The van der Waals surface area contributed by atoms with Crippen LogP contribution in [0.4, 0.5) is 0 Å². The number of aliphatic hydroxyl groups is 1. The minimum Gasteiger partial charge on any atom is -0.510 e. The van der Waals surface area contributed by atoms with E-state index in [1.807, 2.05) is 42.2 Å². The molecule has 3 rings (SSSR count). The lowest BCUT2D eigenvalue weighted by molar-refractivity contribution is 0.329. The molecule has 0 spiro atoms. The van der Waals surface area contributed by atoms with Crippen molar-refractivity contribution in [1.29, 1.82) is 5.41 Å². The standard InChI is InChI=1S/C18H21N3OS/c1-11(2)9-21-10-14(22)15(17(21)19)18-20-16(12(3)23-18)13-7-5-4-6-8-13/h4-8,11,19,22H,9-10H2,1-3H3. The van der Waals surface area contributed by atoms with E-state index in [1.165, 1.54) is 11.3 Å². The Labute approximate surface area is 140 Å². The molecule has 2 heterocycles. The first kappa shape index (κ1) is 15.7. The minimum absolute atomic E-state index is 0.254. The second-order valence-corrected chi connectivity index (χ2v) is 7.44. The van der Waals surface area contributed by atoms with Crippen LogP contribution in [-0.4, -0.2) is 33.9 Å². The molecule has 0 aliphatic carbocycles. The molecule has 0 amide bonds. The summed E-state index contributed by atoms with van der Waals surface area (Å²) >= 11 is 1.54. The van der Waals surface area contributed by atoms with Gasteiger partial charge in [0.1, 0.15) is 16.6 Å². The number of aryl methyl sites for hydroxylation is 1. The lowest BCUT2D eigenvalue weighted by Crippen LogP contribution is -2.30. The molecule has 120 valence electrons. The predicted octanol–water partition coefficient (Wildman–Crippen LogP) is 4.34. The average Bonchev–Trinajstić information content (AvgIpc) is 3.00. The summed E-state index contributed by atoms with van der Waals surface area (Å²) in [4.78, 5) is 7.72. The van der Waals surface area contributed by atoms with E-state index in [0.717, 1.165) is 27.7 Å². The van der Waals surface area contributed by atoms with Crippen LogP contribution >= 0.6 is 11.3 Å². The van der Waals surface area contributed by atoms with Crippen molar-refractivity contribution >= 4 is 22.7 Å². The lowest BCUT2D eigenvalue weighted by atomic mass is 10.1. The van der Waals surface area contributed by atoms with Crippen LogP contribution in [0.1, 0.15) is 23.7 Å². The highest BCUT2D eigenvalue weighted by Gasteiger charge is 2.31. The number of thiazole rings is 1. The molecule has 23 heavy (non-hydrogen) atoms. The molecule has 1 aliphatic heterocycles. The zero-order valence-corrected chi connectivity index (χ0v) is 14.4. The molecule has 0 fully saturated rings. The zero-order valence-electron chi connectivity index (χ0n) is 13.6. The third-order valence-corrected chi connectivity index (χ3v) is 4.81. The lowest BCUT2D eigenvalue weighted by Gasteiger charge is -2.20. The molecule has 4 nitrogen and oxygen atoms in total. The highest BCUT2D eigenvalue weighted by atomic mass is 32.1. The van der Waals surface area contributed by atoms with E-state index in [-0.39, 0.29) is 5.76 Å². The van der Waals surface area contributed by atoms with Crippen molar-refractivity contribution in [3.05, 3.63) is 46.0 Å². The summed E-state index contributed by atoms with van der Waals surface area (Å²) in [5, 5.41) is 19.4. The maximum atomic E-state index is 10.3. The summed E-state index contributed by atoms with van der Waals surface area (Å²) in [6.45, 7) is 7.44. The molecule has 0 unspecified atom stereocenters. The van der Waals surface area contributed by atoms with Crippen LogP contribution in [0.3, 0.4) is 0 Å². The molecule has 0 radical (unpaired) electrons. The second-order valence-electron chi connectivity index (χ2n) is 6.23. The van der Waals surface area contributed by atoms with Crippen LogP contribution in [0.2, 0.25) is 0 Å². The van der Waals surface area contributed by atoms with Crippen LogP contribution in [0.15, 0.2) is 36.1 Å². The van der Waals surface area contributed by atoms with Crippen LogP contribution < -0.4 is 0 Å². The summed E-state index contributed by atoms with van der Waals surface area (Å²) in [5.74, 6) is 1.08. The molecular weight excluding hydrogens is 306 g/mol. The Kier molecular flexibility index (Phi) is 4.22. The van der Waals surface area contributed by atoms with E-state index in [4.69, 9.17) is 10.4 Å². The normalized spacial score (nSPS) is 15.1. The van der Waals surface area contributed by atoms with Crippen LogP contribution in [-0.2, 0) is 0 Å². The zero-order chi connectivity index (χ0) is 16.6. The molecular formula is C18H21N3OS. The third kappa shape index (κ3) is 3.01. The summed E-state index contributed by atoms with van der Waals surface area (Å²) < 4.78 is 0. The van der Waals surface area contributed by atoms with E-state index in [1.54, 1.807) is 0 Å². The Balaban J connectivity index is 1.94. The quantitative estimate of drug-likeness (QED) is 0.878. The topological polar surface area (TPSA) is 60.2 Å². The number of benzene rings is 1. The van der Waals surface area contributed by atoms with Gasteiger partial charge in [-0.3, -0.25) is 5.41 Å². The molecule has 0 saturated carbocycles. The average molecular weight is 327 g/mol. The molecule has 5 heteroatoms. The van der Waals surface area contributed by atoms with Crippen molar-refractivity contribution in [1.82, 2.24) is 9.88 Å². The van der Waals surface area contributed by atoms with E-state index >= 15 is 0 Å². The van der Waals surface area contributed by atoms with Crippen molar-refractivity contribution in [3.8, 4) is 11.3 Å². The van der Waals surface area contributed by atoms with Crippen LogP contribution in [0, 0.1) is 18.3 Å². The van der Waals surface area contributed by atoms with Gasteiger partial charge in [-0.1, -0.05) is 44.2 Å². The molecule has 1 aromatic carbocycles. The van der Waals surface area contributed by atoms with E-state index in [0.29, 0.717) is 23.9 Å². The first-order valence-electron chi connectivity index (χ1n) is 7.76. The van der Waals surface area contributed by atoms with Gasteiger partial charge >= 0.3 is 0 Å². The number of rotatable bonds is 4. The molecule has 0 atom stereocenters. The molecule has 2 N–H and O–H groups in total. The van der Waals surface area contributed by atoms with Crippen LogP contribution in [0.25, 0.3) is 16.8 Å². The van der Waals surface area contributed by atoms with Crippen molar-refractivity contribution in [2.24, 2.45) is 5.92 Å². The summed E-state index contributed by atoms with van der Waals surface area (Å²) in [7, 11) is 0. The van der Waals surface area contributed by atoms with Gasteiger partial charge in [-0.05, 0) is 12.8 Å². The largest absolute Gasteiger partial charge is 0.510 e. The summed E-state index contributed by atoms with van der Waals surface area (Å²) in [5.41, 5.74) is 2.58. The molecule has 2 aromatic rings. The highest BCUT2D eigenvalue weighted by molar-refractivity contribution is 7.13. The fraction of sp³-hybridized carbons (Fsp3) is 0.333. The first-order chi connectivity index (χ1) is 11.0. The smallest absolute Gasteiger partial charge is 0.135 e. The molecule has 0 saturated heterocycles. The first-order valence-corrected chi connectivity index (χ1v) is 8.58. The van der Waals surface area contributed by atoms with Gasteiger partial charge in [0.2, 0.25) is 0 Å². The van der Waals surface area contributed by atoms with Crippen molar-refractivity contribution in [2.75, 3.05) is 13.1 Å². The van der Waals surface area contributed by atoms with E-state index in [2.05, 4.69) is 13.8 Å². The van der Waals surface area contributed by atoms with Crippen LogP contribution in [0.5, 0.6) is 0 Å². The fourth-order valence-corrected chi connectivity index (χ4v) is 3.83. The number of aromatic nitrogens is 1. The predicted molar refractivity (Wildman–Crippen MR) is 96.0 cm³/mol. The third-order valence-electron chi connectivity index (χ3n) is 3.83. The Morgan fingerprint density at radius 3 is 2.65 bits per heavy atom. The number of amidine groups is 1.